The fourth-order valence-corrected chi connectivity index (χ4v) is 2.98. The zero-order chi connectivity index (χ0) is 19.5. The Morgan fingerprint density at radius 1 is 1.11 bits per heavy atom. The first kappa shape index (κ1) is 17.6. The monoisotopic (exact) mass is 373 g/mol. The molecule has 8 heteroatoms. The van der Waals surface area contributed by atoms with Crippen LogP contribution in [0, 0.1) is 6.92 Å². The molecule has 0 fully saturated rings. The van der Waals surface area contributed by atoms with Gasteiger partial charge in [-0.25, -0.2) is 9.78 Å². The van der Waals surface area contributed by atoms with Crippen LogP contribution in [0.2, 0.25) is 0 Å². The Hall–Kier alpha value is -3.81. The maximum absolute atomic E-state index is 12.3. The van der Waals surface area contributed by atoms with Crippen LogP contribution in [0.3, 0.4) is 0 Å². The first-order valence-electron chi connectivity index (χ1n) is 8.85. The fourth-order valence-electron chi connectivity index (χ4n) is 2.98. The molecule has 0 bridgehead atoms. The molecule has 4 aromatic heterocycles. The van der Waals surface area contributed by atoms with Crippen LogP contribution >= 0.6 is 0 Å². The number of hydrogen-bond donors (Lipinski definition) is 3. The Kier molecular flexibility index (Phi) is 4.67. The lowest BCUT2D eigenvalue weighted by Crippen LogP contribution is -2.31. The minimum Gasteiger partial charge on any atom is -0.331 e. The SMILES string of the molecule is Cc1cc(-c2n[nH]c3cc(NC(=O)N[C@@H](C)c4ccncc4)ncc23)ccn1. The number of pyridine rings is 3. The van der Waals surface area contributed by atoms with Gasteiger partial charge in [0.15, 0.2) is 0 Å². The van der Waals surface area contributed by atoms with Gasteiger partial charge < -0.3 is 5.32 Å². The van der Waals surface area contributed by atoms with Crippen LogP contribution in [0.5, 0.6) is 0 Å². The smallest absolute Gasteiger partial charge is 0.320 e. The highest BCUT2D eigenvalue weighted by Crippen LogP contribution is 2.27. The molecule has 4 aromatic rings. The highest BCUT2D eigenvalue weighted by molar-refractivity contribution is 5.95. The van der Waals surface area contributed by atoms with Crippen LogP contribution in [-0.4, -0.2) is 31.2 Å². The number of aryl methyl sites for hydroxylation is 1. The van der Waals surface area contributed by atoms with E-state index in [1.807, 2.05) is 38.1 Å². The first-order valence-corrected chi connectivity index (χ1v) is 8.85. The lowest BCUT2D eigenvalue weighted by molar-refractivity contribution is 0.249. The van der Waals surface area contributed by atoms with Crippen molar-refractivity contribution in [3.63, 3.8) is 0 Å². The molecule has 4 rings (SSSR count). The summed E-state index contributed by atoms with van der Waals surface area (Å²) in [6.07, 6.45) is 6.84. The minimum atomic E-state index is -0.333. The summed E-state index contributed by atoms with van der Waals surface area (Å²) in [5.74, 6) is 0.438. The van der Waals surface area contributed by atoms with Gasteiger partial charge in [-0.1, -0.05) is 0 Å². The number of fused-ring (bicyclic) bond motifs is 1. The zero-order valence-corrected chi connectivity index (χ0v) is 15.5. The van der Waals surface area contributed by atoms with Crippen molar-refractivity contribution < 1.29 is 4.79 Å². The highest BCUT2D eigenvalue weighted by atomic mass is 16.2. The van der Waals surface area contributed by atoms with E-state index in [0.29, 0.717) is 5.82 Å². The van der Waals surface area contributed by atoms with Gasteiger partial charge in [0.2, 0.25) is 0 Å². The second kappa shape index (κ2) is 7.43. The molecule has 140 valence electrons. The predicted molar refractivity (Wildman–Crippen MR) is 107 cm³/mol. The summed E-state index contributed by atoms with van der Waals surface area (Å²) >= 11 is 0. The molecule has 0 unspecified atom stereocenters. The molecule has 1 atom stereocenters. The number of nitrogens with zero attached hydrogens (tertiary/aromatic N) is 4. The Morgan fingerprint density at radius 3 is 2.71 bits per heavy atom. The van der Waals surface area contributed by atoms with E-state index in [0.717, 1.165) is 33.4 Å². The number of aromatic amines is 1. The number of amides is 2. The summed E-state index contributed by atoms with van der Waals surface area (Å²) in [5.41, 5.74) is 4.44. The number of hydrogen-bond acceptors (Lipinski definition) is 5. The second-order valence-electron chi connectivity index (χ2n) is 6.47. The number of nitrogens with one attached hydrogen (secondary N) is 3. The lowest BCUT2D eigenvalue weighted by atomic mass is 10.1. The van der Waals surface area contributed by atoms with Crippen molar-refractivity contribution in [1.29, 1.82) is 0 Å². The Balaban J connectivity index is 1.50. The van der Waals surface area contributed by atoms with Crippen LogP contribution in [0.15, 0.2) is 55.1 Å². The molecule has 2 amide bonds. The van der Waals surface area contributed by atoms with Gasteiger partial charge in [-0.05, 0) is 43.7 Å². The van der Waals surface area contributed by atoms with Crippen LogP contribution in [-0.2, 0) is 0 Å². The Labute approximate surface area is 161 Å². The summed E-state index contributed by atoms with van der Waals surface area (Å²) in [7, 11) is 0. The molecule has 0 aromatic carbocycles. The molecule has 3 N–H and O–H groups in total. The Bertz CT molecular complexity index is 1120. The number of rotatable bonds is 4. The number of aromatic nitrogens is 5. The van der Waals surface area contributed by atoms with Crippen molar-refractivity contribution in [3.05, 3.63) is 66.4 Å². The summed E-state index contributed by atoms with van der Waals surface area (Å²) < 4.78 is 0. The number of anilines is 1. The summed E-state index contributed by atoms with van der Waals surface area (Å²) in [6, 6.07) is 8.88. The topological polar surface area (TPSA) is 108 Å². The fraction of sp³-hybridized carbons (Fsp3) is 0.150. The first-order chi connectivity index (χ1) is 13.6. The van der Waals surface area contributed by atoms with Crippen LogP contribution in [0.4, 0.5) is 10.6 Å². The van der Waals surface area contributed by atoms with E-state index >= 15 is 0 Å². The quantitative estimate of drug-likeness (QED) is 0.506. The van der Waals surface area contributed by atoms with Gasteiger partial charge in [-0.15, -0.1) is 0 Å². The highest BCUT2D eigenvalue weighted by Gasteiger charge is 2.13. The summed E-state index contributed by atoms with van der Waals surface area (Å²) in [5, 5.41) is 13.9. The average molecular weight is 373 g/mol. The molecule has 0 spiro atoms. The van der Waals surface area contributed by atoms with Gasteiger partial charge in [0.1, 0.15) is 11.5 Å². The van der Waals surface area contributed by atoms with Gasteiger partial charge in [0.05, 0.1) is 11.6 Å². The minimum absolute atomic E-state index is 0.152. The zero-order valence-electron chi connectivity index (χ0n) is 15.5. The number of urea groups is 1. The summed E-state index contributed by atoms with van der Waals surface area (Å²) in [6.45, 7) is 3.84. The maximum Gasteiger partial charge on any atom is 0.320 e. The van der Waals surface area contributed by atoms with Gasteiger partial charge >= 0.3 is 6.03 Å². The van der Waals surface area contributed by atoms with Crippen molar-refractivity contribution in [2.75, 3.05) is 5.32 Å². The molecule has 0 aliphatic carbocycles. The van der Waals surface area contributed by atoms with Crippen LogP contribution < -0.4 is 10.6 Å². The molecule has 28 heavy (non-hydrogen) atoms. The van der Waals surface area contributed by atoms with Gasteiger partial charge in [0, 0.05) is 47.5 Å². The molecular weight excluding hydrogens is 354 g/mol. The number of H-pyrrole nitrogens is 1. The molecule has 0 aliphatic heterocycles. The normalized spacial score (nSPS) is 11.9. The van der Waals surface area contributed by atoms with E-state index in [2.05, 4.69) is 35.8 Å². The van der Waals surface area contributed by atoms with Crippen molar-refractivity contribution >= 4 is 22.8 Å². The van der Waals surface area contributed by atoms with Gasteiger partial charge in [0.25, 0.3) is 0 Å². The van der Waals surface area contributed by atoms with Crippen LogP contribution in [0.25, 0.3) is 22.2 Å². The van der Waals surface area contributed by atoms with E-state index in [4.69, 9.17) is 0 Å². The molecular formula is C20H19N7O. The summed E-state index contributed by atoms with van der Waals surface area (Å²) in [4.78, 5) is 24.8. The number of carbonyl (C=O) groups excluding carboxylic acids is 1. The van der Waals surface area contributed by atoms with Gasteiger partial charge in [-0.3, -0.25) is 20.4 Å². The maximum atomic E-state index is 12.3. The van der Waals surface area contributed by atoms with Gasteiger partial charge in [-0.2, -0.15) is 5.10 Å². The standard InChI is InChI=1S/C20H19N7O/c1-12-9-15(5-8-22-12)19-16-11-23-18(10-17(16)26-27-19)25-20(28)24-13(2)14-3-6-21-7-4-14/h3-11,13H,1-2H3,(H,26,27)(H2,23,24,25,28)/t13-/m0/s1. The lowest BCUT2D eigenvalue weighted by Gasteiger charge is -2.14. The molecule has 4 heterocycles. The molecule has 0 aliphatic rings. The van der Waals surface area contributed by atoms with E-state index in [9.17, 15) is 4.79 Å². The van der Waals surface area contributed by atoms with Crippen molar-refractivity contribution in [2.24, 2.45) is 0 Å². The van der Waals surface area contributed by atoms with E-state index in [-0.39, 0.29) is 12.1 Å². The number of carbonyl (C=O) groups is 1. The third-order valence-electron chi connectivity index (χ3n) is 4.41. The third-order valence-corrected chi connectivity index (χ3v) is 4.41. The molecule has 0 saturated carbocycles. The molecule has 8 nitrogen and oxygen atoms in total. The van der Waals surface area contributed by atoms with E-state index < -0.39 is 0 Å². The Morgan fingerprint density at radius 2 is 1.93 bits per heavy atom. The predicted octanol–water partition coefficient (Wildman–Crippen LogP) is 3.61. The van der Waals surface area contributed by atoms with E-state index in [1.165, 1.54) is 0 Å². The second-order valence-corrected chi connectivity index (χ2v) is 6.47. The van der Waals surface area contributed by atoms with Crippen LogP contribution in [0.1, 0.15) is 24.2 Å². The average Bonchev–Trinajstić information content (AvgIpc) is 3.12. The van der Waals surface area contributed by atoms with E-state index in [1.54, 1.807) is 30.9 Å². The molecule has 0 saturated heterocycles. The van der Waals surface area contributed by atoms with Crippen molar-refractivity contribution in [1.82, 2.24) is 30.5 Å². The molecule has 0 radical (unpaired) electrons. The largest absolute Gasteiger partial charge is 0.331 e. The van der Waals surface area contributed by atoms with Crippen molar-refractivity contribution in [3.8, 4) is 11.3 Å². The third kappa shape index (κ3) is 3.66. The van der Waals surface area contributed by atoms with Crippen molar-refractivity contribution in [2.45, 2.75) is 19.9 Å².